The fourth-order valence-electron chi connectivity index (χ4n) is 4.05. The van der Waals surface area contributed by atoms with Crippen LogP contribution in [0.1, 0.15) is 31.0 Å². The van der Waals surface area contributed by atoms with E-state index in [2.05, 4.69) is 4.99 Å². The molecular weight excluding hydrogens is 456 g/mol. The lowest BCUT2D eigenvalue weighted by atomic mass is 9.96. The third-order valence-corrected chi connectivity index (χ3v) is 6.63. The van der Waals surface area contributed by atoms with E-state index in [1.54, 1.807) is 43.7 Å². The van der Waals surface area contributed by atoms with Crippen LogP contribution in [0.2, 0.25) is 0 Å². The highest BCUT2D eigenvalue weighted by molar-refractivity contribution is 7.07. The number of nitrogens with zero attached hydrogens (tertiary/aromatic N) is 2. The number of carbonyl (C=O) groups is 1. The summed E-state index contributed by atoms with van der Waals surface area (Å²) in [7, 11) is 1.59. The second kappa shape index (κ2) is 8.83. The molecule has 9 heteroatoms. The van der Waals surface area contributed by atoms with Gasteiger partial charge in [0.05, 0.1) is 35.6 Å². The van der Waals surface area contributed by atoms with Crippen molar-refractivity contribution < 1.29 is 23.7 Å². The standard InChI is InChI=1S/C25H22N2O6S/c1-4-31-24(29)21-14(2)26-25-27(22(21)16-6-8-17(30-3)9-7-16)23(28)20(34-25)12-15-5-10-18-19(11-15)33-13-32-18/h5-12,22H,4,13H2,1-3H3/b20-12-/t22-/m0/s1. The fraction of sp³-hybridized carbons (Fsp3) is 0.240. The van der Waals surface area contributed by atoms with Gasteiger partial charge in [-0.05, 0) is 55.3 Å². The first-order valence-electron chi connectivity index (χ1n) is 10.7. The van der Waals surface area contributed by atoms with Gasteiger partial charge in [0.15, 0.2) is 16.3 Å². The smallest absolute Gasteiger partial charge is 0.338 e. The SMILES string of the molecule is CCOC(=O)C1=C(C)N=c2s/c(=C\c3ccc4c(c3)OCO4)c(=O)n2[C@H]1c1ccc(OC)cc1. The number of esters is 1. The molecule has 0 spiro atoms. The van der Waals surface area contributed by atoms with E-state index in [1.165, 1.54) is 11.3 Å². The molecule has 8 nitrogen and oxygen atoms in total. The highest BCUT2D eigenvalue weighted by Gasteiger charge is 2.33. The average Bonchev–Trinajstić information content (AvgIpc) is 3.42. The Hall–Kier alpha value is -3.85. The Bertz CT molecular complexity index is 1480. The van der Waals surface area contributed by atoms with Crippen molar-refractivity contribution in [2.45, 2.75) is 19.9 Å². The Balaban J connectivity index is 1.68. The van der Waals surface area contributed by atoms with Gasteiger partial charge in [0.25, 0.3) is 5.56 Å². The van der Waals surface area contributed by atoms with Gasteiger partial charge in [-0.15, -0.1) is 0 Å². The molecule has 2 aromatic carbocycles. The van der Waals surface area contributed by atoms with Crippen LogP contribution in [0.25, 0.3) is 6.08 Å². The molecule has 0 saturated heterocycles. The molecule has 0 amide bonds. The summed E-state index contributed by atoms with van der Waals surface area (Å²) in [5, 5.41) is 0. The molecule has 0 fully saturated rings. The third-order valence-electron chi connectivity index (χ3n) is 5.64. The number of fused-ring (bicyclic) bond motifs is 2. The van der Waals surface area contributed by atoms with Crippen LogP contribution in [0.4, 0.5) is 0 Å². The van der Waals surface area contributed by atoms with Gasteiger partial charge in [0, 0.05) is 0 Å². The molecule has 0 N–H and O–H groups in total. The van der Waals surface area contributed by atoms with E-state index in [1.807, 2.05) is 30.3 Å². The Kier molecular flexibility index (Phi) is 5.70. The first-order chi connectivity index (χ1) is 16.5. The summed E-state index contributed by atoms with van der Waals surface area (Å²) >= 11 is 1.27. The van der Waals surface area contributed by atoms with Crippen LogP contribution >= 0.6 is 11.3 Å². The van der Waals surface area contributed by atoms with Crippen molar-refractivity contribution in [1.82, 2.24) is 4.57 Å². The van der Waals surface area contributed by atoms with Crippen molar-refractivity contribution in [3.63, 3.8) is 0 Å². The number of carbonyl (C=O) groups excluding carboxylic acids is 1. The number of benzene rings is 2. The minimum absolute atomic E-state index is 0.179. The lowest BCUT2D eigenvalue weighted by Crippen LogP contribution is -2.39. The van der Waals surface area contributed by atoms with Crippen molar-refractivity contribution in [3.8, 4) is 17.2 Å². The van der Waals surface area contributed by atoms with Gasteiger partial charge < -0.3 is 18.9 Å². The normalized spacial score (nSPS) is 16.8. The van der Waals surface area contributed by atoms with Gasteiger partial charge in [-0.2, -0.15) is 0 Å². The van der Waals surface area contributed by atoms with E-state index >= 15 is 0 Å². The molecule has 2 aliphatic rings. The van der Waals surface area contributed by atoms with E-state index in [0.29, 0.717) is 37.9 Å². The molecule has 2 aliphatic heterocycles. The van der Waals surface area contributed by atoms with Crippen LogP contribution in [0.15, 0.2) is 63.5 Å². The number of hydrogen-bond acceptors (Lipinski definition) is 8. The van der Waals surface area contributed by atoms with Crippen molar-refractivity contribution in [2.75, 3.05) is 20.5 Å². The molecule has 0 saturated carbocycles. The van der Waals surface area contributed by atoms with Crippen LogP contribution in [0.5, 0.6) is 17.2 Å². The molecule has 34 heavy (non-hydrogen) atoms. The Morgan fingerprint density at radius 1 is 1.21 bits per heavy atom. The molecule has 174 valence electrons. The van der Waals surface area contributed by atoms with Gasteiger partial charge in [0.1, 0.15) is 5.75 Å². The topological polar surface area (TPSA) is 88.4 Å². The van der Waals surface area contributed by atoms with Crippen LogP contribution in [0, 0.1) is 0 Å². The first-order valence-corrected chi connectivity index (χ1v) is 11.5. The first kappa shape index (κ1) is 22.0. The highest BCUT2D eigenvalue weighted by Crippen LogP contribution is 2.33. The van der Waals surface area contributed by atoms with Gasteiger partial charge in [-0.25, -0.2) is 9.79 Å². The van der Waals surface area contributed by atoms with Crippen molar-refractivity contribution in [2.24, 2.45) is 4.99 Å². The van der Waals surface area contributed by atoms with E-state index in [-0.39, 0.29) is 19.0 Å². The zero-order chi connectivity index (χ0) is 23.8. The third kappa shape index (κ3) is 3.77. The fourth-order valence-corrected chi connectivity index (χ4v) is 5.09. The maximum atomic E-state index is 13.6. The lowest BCUT2D eigenvalue weighted by Gasteiger charge is -2.24. The monoisotopic (exact) mass is 478 g/mol. The van der Waals surface area contributed by atoms with Crippen LogP contribution in [-0.4, -0.2) is 31.0 Å². The van der Waals surface area contributed by atoms with E-state index in [4.69, 9.17) is 18.9 Å². The molecule has 1 atom stereocenters. The van der Waals surface area contributed by atoms with Crippen LogP contribution in [0.3, 0.4) is 0 Å². The number of rotatable bonds is 5. The highest BCUT2D eigenvalue weighted by atomic mass is 32.1. The maximum Gasteiger partial charge on any atom is 0.338 e. The van der Waals surface area contributed by atoms with E-state index in [0.717, 1.165) is 11.1 Å². The van der Waals surface area contributed by atoms with Crippen LogP contribution in [-0.2, 0) is 9.53 Å². The molecule has 3 aromatic rings. The van der Waals surface area contributed by atoms with Crippen molar-refractivity contribution in [1.29, 1.82) is 0 Å². The summed E-state index contributed by atoms with van der Waals surface area (Å²) in [6.45, 7) is 3.91. The number of thiazole rings is 1. The van der Waals surface area contributed by atoms with Crippen LogP contribution < -0.4 is 29.1 Å². The predicted molar refractivity (Wildman–Crippen MR) is 126 cm³/mol. The predicted octanol–water partition coefficient (Wildman–Crippen LogP) is 2.54. The molecule has 1 aromatic heterocycles. The Labute approximate surface area is 199 Å². The molecule has 0 radical (unpaired) electrons. The Morgan fingerprint density at radius 3 is 2.71 bits per heavy atom. The summed E-state index contributed by atoms with van der Waals surface area (Å²) < 4.78 is 23.5. The quantitative estimate of drug-likeness (QED) is 0.524. The van der Waals surface area contributed by atoms with Gasteiger partial charge in [-0.1, -0.05) is 29.5 Å². The second-order valence-corrected chi connectivity index (χ2v) is 8.70. The molecule has 5 rings (SSSR count). The Morgan fingerprint density at radius 2 is 1.97 bits per heavy atom. The minimum Gasteiger partial charge on any atom is -0.497 e. The molecule has 0 bridgehead atoms. The zero-order valence-corrected chi connectivity index (χ0v) is 19.7. The number of hydrogen-bond donors (Lipinski definition) is 0. The van der Waals surface area contributed by atoms with Crippen molar-refractivity contribution in [3.05, 3.63) is 84.5 Å². The second-order valence-electron chi connectivity index (χ2n) is 7.69. The molecular formula is C25H22N2O6S. The zero-order valence-electron chi connectivity index (χ0n) is 18.9. The molecule has 3 heterocycles. The molecule has 0 unspecified atom stereocenters. The largest absolute Gasteiger partial charge is 0.497 e. The van der Waals surface area contributed by atoms with Gasteiger partial charge in [0.2, 0.25) is 6.79 Å². The average molecular weight is 479 g/mol. The van der Waals surface area contributed by atoms with Gasteiger partial charge >= 0.3 is 5.97 Å². The summed E-state index contributed by atoms with van der Waals surface area (Å²) in [4.78, 5) is 31.7. The van der Waals surface area contributed by atoms with E-state index < -0.39 is 12.0 Å². The number of allylic oxidation sites excluding steroid dienone is 1. The number of ether oxygens (including phenoxy) is 4. The maximum absolute atomic E-state index is 13.6. The van der Waals surface area contributed by atoms with E-state index in [9.17, 15) is 9.59 Å². The van der Waals surface area contributed by atoms with Gasteiger partial charge in [-0.3, -0.25) is 9.36 Å². The number of aromatic nitrogens is 1. The summed E-state index contributed by atoms with van der Waals surface area (Å²) in [6.07, 6.45) is 1.79. The van der Waals surface area contributed by atoms with Crippen molar-refractivity contribution >= 4 is 23.4 Å². The lowest BCUT2D eigenvalue weighted by molar-refractivity contribution is -0.139. The summed E-state index contributed by atoms with van der Waals surface area (Å²) in [5.41, 5.74) is 2.19. The molecule has 0 aliphatic carbocycles. The number of methoxy groups -OCH3 is 1. The summed E-state index contributed by atoms with van der Waals surface area (Å²) in [5.74, 6) is 1.50. The summed E-state index contributed by atoms with van der Waals surface area (Å²) in [6, 6.07) is 12.1. The minimum atomic E-state index is -0.667.